The summed E-state index contributed by atoms with van der Waals surface area (Å²) in [5, 5.41) is 0. The molecule has 0 spiro atoms. The fourth-order valence-corrected chi connectivity index (χ4v) is 4.54. The molecule has 0 bridgehead atoms. The lowest BCUT2D eigenvalue weighted by molar-refractivity contribution is -0.120. The van der Waals surface area contributed by atoms with Gasteiger partial charge in [-0.2, -0.15) is 0 Å². The molecule has 2 aliphatic rings. The zero-order valence-electron chi connectivity index (χ0n) is 19.3. The Bertz CT molecular complexity index is 963. The van der Waals surface area contributed by atoms with Crippen molar-refractivity contribution in [3.05, 3.63) is 59.2 Å². The molecule has 2 aromatic carbocycles. The van der Waals surface area contributed by atoms with Crippen LogP contribution in [0, 0.1) is 0 Å². The summed E-state index contributed by atoms with van der Waals surface area (Å²) in [7, 11) is 1.67. The SMILES string of the molecule is COc1ccc2c(c1)CCCN2C(=O)CN1CCN(C(=O)c2ccc(C(C)C)cc2)CC1. The molecule has 170 valence electrons. The highest BCUT2D eigenvalue weighted by Gasteiger charge is 2.27. The minimum absolute atomic E-state index is 0.0742. The topological polar surface area (TPSA) is 53.1 Å². The molecule has 6 nitrogen and oxygen atoms in total. The van der Waals surface area contributed by atoms with E-state index in [1.165, 1.54) is 11.1 Å². The molecule has 6 heteroatoms. The lowest BCUT2D eigenvalue weighted by Gasteiger charge is -2.36. The molecular weight excluding hydrogens is 402 g/mol. The molecular formula is C26H33N3O3. The summed E-state index contributed by atoms with van der Waals surface area (Å²) in [4.78, 5) is 31.9. The minimum Gasteiger partial charge on any atom is -0.497 e. The molecule has 0 aromatic heterocycles. The van der Waals surface area contributed by atoms with Crippen molar-refractivity contribution < 1.29 is 14.3 Å². The third-order valence-electron chi connectivity index (χ3n) is 6.55. The monoisotopic (exact) mass is 435 g/mol. The quantitative estimate of drug-likeness (QED) is 0.721. The van der Waals surface area contributed by atoms with Crippen molar-refractivity contribution in [2.75, 3.05) is 51.3 Å². The van der Waals surface area contributed by atoms with Gasteiger partial charge in [-0.15, -0.1) is 0 Å². The van der Waals surface area contributed by atoms with E-state index in [0.717, 1.165) is 36.4 Å². The van der Waals surface area contributed by atoms with E-state index in [1.807, 2.05) is 52.3 Å². The first-order valence-corrected chi connectivity index (χ1v) is 11.5. The second-order valence-corrected chi connectivity index (χ2v) is 8.99. The molecule has 0 unspecified atom stereocenters. The summed E-state index contributed by atoms with van der Waals surface area (Å²) in [6.07, 6.45) is 1.93. The van der Waals surface area contributed by atoms with Crippen LogP contribution in [0.5, 0.6) is 5.75 Å². The van der Waals surface area contributed by atoms with Crippen LogP contribution in [-0.2, 0) is 11.2 Å². The second-order valence-electron chi connectivity index (χ2n) is 8.99. The van der Waals surface area contributed by atoms with Crippen molar-refractivity contribution in [2.24, 2.45) is 0 Å². The molecule has 0 aliphatic carbocycles. The van der Waals surface area contributed by atoms with Gasteiger partial charge in [-0.1, -0.05) is 26.0 Å². The van der Waals surface area contributed by atoms with Gasteiger partial charge >= 0.3 is 0 Å². The first kappa shape index (κ1) is 22.3. The Morgan fingerprint density at radius 3 is 2.34 bits per heavy atom. The highest BCUT2D eigenvalue weighted by molar-refractivity contribution is 5.96. The van der Waals surface area contributed by atoms with Crippen LogP contribution < -0.4 is 9.64 Å². The van der Waals surface area contributed by atoms with E-state index in [0.29, 0.717) is 38.6 Å². The van der Waals surface area contributed by atoms with Crippen LogP contribution in [0.15, 0.2) is 42.5 Å². The Balaban J connectivity index is 1.32. The molecule has 0 N–H and O–H groups in total. The molecule has 1 fully saturated rings. The van der Waals surface area contributed by atoms with Gasteiger partial charge in [0.2, 0.25) is 5.91 Å². The lowest BCUT2D eigenvalue weighted by Crippen LogP contribution is -2.52. The summed E-state index contributed by atoms with van der Waals surface area (Å²) < 4.78 is 5.33. The van der Waals surface area contributed by atoms with Crippen LogP contribution in [0.2, 0.25) is 0 Å². The first-order valence-electron chi connectivity index (χ1n) is 11.5. The molecule has 1 saturated heterocycles. The van der Waals surface area contributed by atoms with E-state index in [-0.39, 0.29) is 11.8 Å². The number of carbonyl (C=O) groups is 2. The van der Waals surface area contributed by atoms with Crippen molar-refractivity contribution in [3.8, 4) is 5.75 Å². The van der Waals surface area contributed by atoms with Crippen molar-refractivity contribution in [1.82, 2.24) is 9.80 Å². The summed E-state index contributed by atoms with van der Waals surface area (Å²) in [6.45, 7) is 8.15. The lowest BCUT2D eigenvalue weighted by atomic mass is 10.0. The zero-order chi connectivity index (χ0) is 22.7. The van der Waals surface area contributed by atoms with Crippen LogP contribution in [0.1, 0.15) is 47.7 Å². The van der Waals surface area contributed by atoms with Crippen LogP contribution in [-0.4, -0.2) is 68.0 Å². The van der Waals surface area contributed by atoms with E-state index in [1.54, 1.807) is 7.11 Å². The predicted octanol–water partition coefficient (Wildman–Crippen LogP) is 3.56. The molecule has 2 amide bonds. The summed E-state index contributed by atoms with van der Waals surface area (Å²) in [5.74, 6) is 1.48. The number of amides is 2. The van der Waals surface area contributed by atoms with E-state index in [9.17, 15) is 9.59 Å². The van der Waals surface area contributed by atoms with Gasteiger partial charge in [0.15, 0.2) is 0 Å². The van der Waals surface area contributed by atoms with Gasteiger partial charge < -0.3 is 14.5 Å². The number of fused-ring (bicyclic) bond motifs is 1. The first-order chi connectivity index (χ1) is 15.5. The number of carbonyl (C=O) groups excluding carboxylic acids is 2. The van der Waals surface area contributed by atoms with Crippen molar-refractivity contribution in [1.29, 1.82) is 0 Å². The zero-order valence-corrected chi connectivity index (χ0v) is 19.3. The van der Waals surface area contributed by atoms with E-state index in [2.05, 4.69) is 18.7 Å². The van der Waals surface area contributed by atoms with Crippen LogP contribution in [0.3, 0.4) is 0 Å². The number of nitrogens with zero attached hydrogens (tertiary/aromatic N) is 3. The molecule has 0 radical (unpaired) electrons. The fourth-order valence-electron chi connectivity index (χ4n) is 4.54. The van der Waals surface area contributed by atoms with Gasteiger partial charge in [0, 0.05) is 44.0 Å². The number of hydrogen-bond acceptors (Lipinski definition) is 4. The Kier molecular flexibility index (Phi) is 6.80. The average Bonchev–Trinajstić information content (AvgIpc) is 2.83. The number of ether oxygens (including phenoxy) is 1. The van der Waals surface area contributed by atoms with Gasteiger partial charge in [0.05, 0.1) is 13.7 Å². The maximum atomic E-state index is 13.1. The van der Waals surface area contributed by atoms with Crippen molar-refractivity contribution in [2.45, 2.75) is 32.6 Å². The Hall–Kier alpha value is -2.86. The summed E-state index contributed by atoms with van der Waals surface area (Å²) in [5.41, 5.74) is 4.14. The molecule has 4 rings (SSSR count). The van der Waals surface area contributed by atoms with Crippen LogP contribution in [0.4, 0.5) is 5.69 Å². The van der Waals surface area contributed by atoms with Crippen LogP contribution >= 0.6 is 0 Å². The largest absolute Gasteiger partial charge is 0.497 e. The third kappa shape index (κ3) is 4.80. The number of rotatable bonds is 5. The summed E-state index contributed by atoms with van der Waals surface area (Å²) >= 11 is 0. The number of benzene rings is 2. The van der Waals surface area contributed by atoms with Crippen molar-refractivity contribution in [3.63, 3.8) is 0 Å². The maximum absolute atomic E-state index is 13.1. The number of hydrogen-bond donors (Lipinski definition) is 0. The van der Waals surface area contributed by atoms with Gasteiger partial charge in [0.25, 0.3) is 5.91 Å². The Morgan fingerprint density at radius 2 is 1.69 bits per heavy atom. The van der Waals surface area contributed by atoms with Crippen molar-refractivity contribution >= 4 is 17.5 Å². The smallest absolute Gasteiger partial charge is 0.253 e. The molecule has 2 heterocycles. The molecule has 0 saturated carbocycles. The molecule has 32 heavy (non-hydrogen) atoms. The normalized spacial score (nSPS) is 16.8. The van der Waals surface area contributed by atoms with E-state index < -0.39 is 0 Å². The standard InChI is InChI=1S/C26H33N3O3/c1-19(2)20-6-8-21(9-7-20)26(31)28-15-13-27(14-16-28)18-25(30)29-12-4-5-22-17-23(32-3)10-11-24(22)29/h6-11,17,19H,4-5,12-16,18H2,1-3H3. The van der Waals surface area contributed by atoms with Gasteiger partial charge in [0.1, 0.15) is 5.75 Å². The highest BCUT2D eigenvalue weighted by Crippen LogP contribution is 2.30. The number of methoxy groups -OCH3 is 1. The minimum atomic E-state index is 0.0742. The van der Waals surface area contributed by atoms with E-state index >= 15 is 0 Å². The maximum Gasteiger partial charge on any atom is 0.253 e. The molecule has 2 aliphatic heterocycles. The molecule has 2 aromatic rings. The Morgan fingerprint density at radius 1 is 0.969 bits per heavy atom. The summed E-state index contributed by atoms with van der Waals surface area (Å²) in [6, 6.07) is 13.9. The predicted molar refractivity (Wildman–Crippen MR) is 127 cm³/mol. The number of aryl methyl sites for hydroxylation is 1. The number of piperazine rings is 1. The van der Waals surface area contributed by atoms with Crippen LogP contribution in [0.25, 0.3) is 0 Å². The highest BCUT2D eigenvalue weighted by atomic mass is 16.5. The van der Waals surface area contributed by atoms with Gasteiger partial charge in [-0.3, -0.25) is 14.5 Å². The second kappa shape index (κ2) is 9.74. The van der Waals surface area contributed by atoms with E-state index in [4.69, 9.17) is 4.74 Å². The molecule has 0 atom stereocenters. The van der Waals surface area contributed by atoms with Gasteiger partial charge in [-0.05, 0) is 60.2 Å². The number of anilines is 1. The van der Waals surface area contributed by atoms with Gasteiger partial charge in [-0.25, -0.2) is 0 Å². The third-order valence-corrected chi connectivity index (χ3v) is 6.55. The fraction of sp³-hybridized carbons (Fsp3) is 0.462. The Labute approximate surface area is 190 Å². The average molecular weight is 436 g/mol.